The number of hydrogen-bond donors (Lipinski definition) is 1. The van der Waals surface area contributed by atoms with E-state index >= 15 is 0 Å². The number of amides is 2. The van der Waals surface area contributed by atoms with Crippen molar-refractivity contribution < 1.29 is 18.8 Å². The summed E-state index contributed by atoms with van der Waals surface area (Å²) in [5, 5.41) is 6.62. The predicted molar refractivity (Wildman–Crippen MR) is 104 cm³/mol. The Morgan fingerprint density at radius 1 is 1.24 bits per heavy atom. The van der Waals surface area contributed by atoms with Crippen molar-refractivity contribution in [3.05, 3.63) is 41.5 Å². The highest BCUT2D eigenvalue weighted by atomic mass is 16.5. The van der Waals surface area contributed by atoms with Crippen LogP contribution in [-0.2, 0) is 17.8 Å². The van der Waals surface area contributed by atoms with E-state index in [4.69, 9.17) is 9.26 Å². The summed E-state index contributed by atoms with van der Waals surface area (Å²) in [5.74, 6) is 2.02. The van der Waals surface area contributed by atoms with Crippen LogP contribution in [0.4, 0.5) is 0 Å². The lowest BCUT2D eigenvalue weighted by Gasteiger charge is -2.32. The molecule has 0 radical (unpaired) electrons. The van der Waals surface area contributed by atoms with E-state index in [2.05, 4.69) is 15.5 Å². The van der Waals surface area contributed by atoms with E-state index in [9.17, 15) is 9.59 Å². The number of piperidine rings is 1. The zero-order valence-electron chi connectivity index (χ0n) is 16.6. The Morgan fingerprint density at radius 2 is 2.03 bits per heavy atom. The smallest absolute Gasteiger partial charge is 0.251 e. The topological polar surface area (TPSA) is 97.6 Å². The number of nitrogens with one attached hydrogen (secondary N) is 1. The number of likely N-dealkylation sites (tertiary alicyclic amines) is 1. The molecule has 8 nitrogen and oxygen atoms in total. The lowest BCUT2D eigenvalue weighted by molar-refractivity contribution is -0.134. The predicted octanol–water partition coefficient (Wildman–Crippen LogP) is 2.34. The highest BCUT2D eigenvalue weighted by molar-refractivity contribution is 5.94. The van der Waals surface area contributed by atoms with Crippen molar-refractivity contribution in [3.8, 4) is 5.75 Å². The second-order valence-corrected chi connectivity index (χ2v) is 7.59. The Labute approximate surface area is 169 Å². The van der Waals surface area contributed by atoms with Gasteiger partial charge in [0, 0.05) is 43.8 Å². The van der Waals surface area contributed by atoms with Gasteiger partial charge in [-0.25, -0.2) is 0 Å². The highest BCUT2D eigenvalue weighted by Crippen LogP contribution is 2.32. The van der Waals surface area contributed by atoms with Crippen molar-refractivity contribution in [1.82, 2.24) is 20.4 Å². The van der Waals surface area contributed by atoms with Crippen LogP contribution in [0.2, 0.25) is 0 Å². The maximum absolute atomic E-state index is 12.4. The van der Waals surface area contributed by atoms with Gasteiger partial charge >= 0.3 is 0 Å². The maximum atomic E-state index is 12.4. The number of carbonyl (C=O) groups excluding carboxylic acids is 2. The van der Waals surface area contributed by atoms with Crippen LogP contribution in [0.1, 0.15) is 54.7 Å². The van der Waals surface area contributed by atoms with Gasteiger partial charge in [-0.1, -0.05) is 18.1 Å². The van der Waals surface area contributed by atoms with Crippen LogP contribution < -0.4 is 10.1 Å². The number of benzene rings is 1. The molecular formula is C21H26N4O4. The molecule has 0 bridgehead atoms. The molecule has 2 aliphatic rings. The molecule has 29 heavy (non-hydrogen) atoms. The number of rotatable bonds is 7. The third-order valence-electron chi connectivity index (χ3n) is 5.30. The van der Waals surface area contributed by atoms with Gasteiger partial charge in [0.1, 0.15) is 11.9 Å². The van der Waals surface area contributed by atoms with Crippen LogP contribution in [0.3, 0.4) is 0 Å². The van der Waals surface area contributed by atoms with Gasteiger partial charge in [0.05, 0.1) is 6.54 Å². The minimum absolute atomic E-state index is 0.0587. The van der Waals surface area contributed by atoms with Crippen molar-refractivity contribution in [2.45, 2.75) is 51.7 Å². The van der Waals surface area contributed by atoms with Crippen molar-refractivity contribution >= 4 is 11.8 Å². The molecule has 4 rings (SSSR count). The van der Waals surface area contributed by atoms with E-state index in [1.807, 2.05) is 17.9 Å². The fraction of sp³-hybridized carbons (Fsp3) is 0.524. The summed E-state index contributed by atoms with van der Waals surface area (Å²) in [6.07, 6.45) is 4.42. The SMILES string of the molecule is CCc1nc(CNC(=O)c2cccc(OC3CCN(C(=O)C4CC4)CC3)c2)no1. The van der Waals surface area contributed by atoms with Crippen LogP contribution >= 0.6 is 0 Å². The lowest BCUT2D eigenvalue weighted by atomic mass is 10.1. The molecule has 1 aromatic heterocycles. The van der Waals surface area contributed by atoms with Crippen LogP contribution in [-0.4, -0.2) is 46.0 Å². The molecule has 1 saturated heterocycles. The van der Waals surface area contributed by atoms with Gasteiger partial charge < -0.3 is 19.5 Å². The average Bonchev–Trinajstić information content (AvgIpc) is 3.50. The van der Waals surface area contributed by atoms with Crippen molar-refractivity contribution in [2.24, 2.45) is 5.92 Å². The molecule has 0 atom stereocenters. The van der Waals surface area contributed by atoms with Gasteiger partial charge in [-0.15, -0.1) is 0 Å². The Hall–Kier alpha value is -2.90. The first-order chi connectivity index (χ1) is 14.1. The Balaban J connectivity index is 1.28. The first-order valence-electron chi connectivity index (χ1n) is 10.3. The van der Waals surface area contributed by atoms with Gasteiger partial charge in [0.25, 0.3) is 5.91 Å². The van der Waals surface area contributed by atoms with Crippen LogP contribution in [0.5, 0.6) is 5.75 Å². The molecule has 2 amide bonds. The molecule has 1 aliphatic heterocycles. The molecule has 2 aromatic rings. The Kier molecular flexibility index (Phi) is 5.78. The number of ether oxygens (including phenoxy) is 1. The highest BCUT2D eigenvalue weighted by Gasteiger charge is 2.35. The largest absolute Gasteiger partial charge is 0.490 e. The number of hydrogen-bond acceptors (Lipinski definition) is 6. The summed E-state index contributed by atoms with van der Waals surface area (Å²) in [6, 6.07) is 7.14. The second kappa shape index (κ2) is 8.63. The summed E-state index contributed by atoms with van der Waals surface area (Å²) in [5.41, 5.74) is 0.517. The summed E-state index contributed by atoms with van der Waals surface area (Å²) in [6.45, 7) is 3.62. The van der Waals surface area contributed by atoms with E-state index in [0.29, 0.717) is 35.4 Å². The van der Waals surface area contributed by atoms with Gasteiger partial charge in [-0.3, -0.25) is 9.59 Å². The molecule has 0 unspecified atom stereocenters. The maximum Gasteiger partial charge on any atom is 0.251 e. The van der Waals surface area contributed by atoms with Crippen LogP contribution in [0.25, 0.3) is 0 Å². The minimum atomic E-state index is -0.219. The number of aryl methyl sites for hydroxylation is 1. The van der Waals surface area contributed by atoms with Crippen molar-refractivity contribution in [1.29, 1.82) is 0 Å². The Morgan fingerprint density at radius 3 is 2.72 bits per heavy atom. The third-order valence-corrected chi connectivity index (χ3v) is 5.30. The fourth-order valence-electron chi connectivity index (χ4n) is 3.45. The molecule has 0 spiro atoms. The lowest BCUT2D eigenvalue weighted by Crippen LogP contribution is -2.42. The number of nitrogens with zero attached hydrogens (tertiary/aromatic N) is 3. The third kappa shape index (κ3) is 4.93. The first-order valence-corrected chi connectivity index (χ1v) is 10.3. The van der Waals surface area contributed by atoms with Crippen LogP contribution in [0.15, 0.2) is 28.8 Å². The number of carbonyl (C=O) groups is 2. The monoisotopic (exact) mass is 398 g/mol. The van der Waals surface area contributed by atoms with Gasteiger partial charge in [-0.05, 0) is 31.0 Å². The molecule has 1 aliphatic carbocycles. The molecule has 2 fully saturated rings. The van der Waals surface area contributed by atoms with Gasteiger partial charge in [0.15, 0.2) is 5.82 Å². The average molecular weight is 398 g/mol. The van der Waals surface area contributed by atoms with E-state index in [1.165, 1.54) is 0 Å². The molecule has 154 valence electrons. The quantitative estimate of drug-likeness (QED) is 0.769. The van der Waals surface area contributed by atoms with E-state index in [0.717, 1.165) is 38.8 Å². The molecule has 2 heterocycles. The molecule has 8 heteroatoms. The summed E-state index contributed by atoms with van der Waals surface area (Å²) in [7, 11) is 0. The second-order valence-electron chi connectivity index (χ2n) is 7.59. The fourth-order valence-corrected chi connectivity index (χ4v) is 3.45. The molecule has 1 aromatic carbocycles. The van der Waals surface area contributed by atoms with Gasteiger partial charge in [0.2, 0.25) is 11.8 Å². The zero-order valence-corrected chi connectivity index (χ0v) is 16.6. The van der Waals surface area contributed by atoms with Crippen molar-refractivity contribution in [2.75, 3.05) is 13.1 Å². The van der Waals surface area contributed by atoms with E-state index < -0.39 is 0 Å². The molecule has 1 saturated carbocycles. The summed E-state index contributed by atoms with van der Waals surface area (Å²) < 4.78 is 11.1. The first kappa shape index (κ1) is 19.4. The molecule has 1 N–H and O–H groups in total. The normalized spacial score (nSPS) is 17.2. The van der Waals surface area contributed by atoms with E-state index in [1.54, 1.807) is 18.2 Å². The summed E-state index contributed by atoms with van der Waals surface area (Å²) in [4.78, 5) is 30.7. The standard InChI is InChI=1S/C21H26N4O4/c1-2-19-23-18(24-29-19)13-22-20(26)15-4-3-5-17(12-15)28-16-8-10-25(11-9-16)21(27)14-6-7-14/h3-5,12,14,16H,2,6-11,13H2,1H3,(H,22,26). The van der Waals surface area contributed by atoms with Crippen molar-refractivity contribution in [3.63, 3.8) is 0 Å². The number of aromatic nitrogens is 2. The van der Waals surface area contributed by atoms with E-state index in [-0.39, 0.29) is 24.5 Å². The molecular weight excluding hydrogens is 372 g/mol. The van der Waals surface area contributed by atoms with Gasteiger partial charge in [-0.2, -0.15) is 4.98 Å². The summed E-state index contributed by atoms with van der Waals surface area (Å²) >= 11 is 0. The van der Waals surface area contributed by atoms with Crippen LogP contribution in [0, 0.1) is 5.92 Å². The minimum Gasteiger partial charge on any atom is -0.490 e. The zero-order chi connectivity index (χ0) is 20.2. The Bertz CT molecular complexity index is 869.